The van der Waals surface area contributed by atoms with Crippen LogP contribution < -0.4 is 5.32 Å². The van der Waals surface area contributed by atoms with Crippen molar-refractivity contribution in [3.8, 4) is 0 Å². The minimum Gasteiger partial charge on any atom is -0.478 e. The monoisotopic (exact) mass is 331 g/mol. The Morgan fingerprint density at radius 1 is 0.917 bits per heavy atom. The van der Waals surface area contributed by atoms with E-state index < -0.39 is 11.9 Å². The minimum absolute atomic E-state index is 0.00808. The fourth-order valence-corrected chi connectivity index (χ4v) is 2.80. The average Bonchev–Trinajstić information content (AvgIpc) is 2.46. The number of benzene rings is 2. The molecular formula is C18H18FNO4. The van der Waals surface area contributed by atoms with Gasteiger partial charge in [0, 0.05) is 5.69 Å². The molecule has 0 amide bonds. The van der Waals surface area contributed by atoms with Gasteiger partial charge in [-0.25, -0.2) is 14.0 Å². The second kappa shape index (κ2) is 6.31. The zero-order valence-electron chi connectivity index (χ0n) is 13.8. The minimum atomic E-state index is -1.22. The zero-order chi connectivity index (χ0) is 18.2. The lowest BCUT2D eigenvalue weighted by Crippen LogP contribution is -2.15. The van der Waals surface area contributed by atoms with Gasteiger partial charge in [-0.1, -0.05) is 0 Å². The molecule has 2 aromatic carbocycles. The molecule has 0 aliphatic rings. The Kier molecular flexibility index (Phi) is 4.59. The Labute approximate surface area is 138 Å². The molecule has 0 radical (unpaired) electrons. The van der Waals surface area contributed by atoms with Gasteiger partial charge in [0.1, 0.15) is 5.82 Å². The van der Waals surface area contributed by atoms with Crippen molar-refractivity contribution in [2.45, 2.75) is 27.7 Å². The molecule has 0 heterocycles. The predicted octanol–water partition coefficient (Wildman–Crippen LogP) is 4.20. The number of aryl methyl sites for hydroxylation is 1. The van der Waals surface area contributed by atoms with Crippen molar-refractivity contribution >= 4 is 23.3 Å². The van der Waals surface area contributed by atoms with E-state index in [1.165, 1.54) is 25.1 Å². The van der Waals surface area contributed by atoms with Crippen molar-refractivity contribution in [1.82, 2.24) is 0 Å². The van der Waals surface area contributed by atoms with Gasteiger partial charge < -0.3 is 15.5 Å². The number of hydrogen-bond donors (Lipinski definition) is 3. The summed E-state index contributed by atoms with van der Waals surface area (Å²) in [6.07, 6.45) is 0. The Morgan fingerprint density at radius 3 is 2.00 bits per heavy atom. The number of carboxylic acid groups (broad SMARTS) is 2. The number of rotatable bonds is 4. The van der Waals surface area contributed by atoms with Crippen LogP contribution in [0.5, 0.6) is 0 Å². The highest BCUT2D eigenvalue weighted by atomic mass is 19.1. The Balaban J connectivity index is 2.73. The number of anilines is 2. The fraction of sp³-hybridized carbons (Fsp3) is 0.222. The van der Waals surface area contributed by atoms with Gasteiger partial charge in [-0.3, -0.25) is 0 Å². The average molecular weight is 331 g/mol. The summed E-state index contributed by atoms with van der Waals surface area (Å²) in [4.78, 5) is 23.2. The van der Waals surface area contributed by atoms with E-state index in [1.807, 2.05) is 0 Å². The highest BCUT2D eigenvalue weighted by molar-refractivity contribution is 6.03. The second-order valence-corrected chi connectivity index (χ2v) is 5.69. The normalized spacial score (nSPS) is 10.5. The first kappa shape index (κ1) is 17.5. The highest BCUT2D eigenvalue weighted by Gasteiger charge is 2.25. The second-order valence-electron chi connectivity index (χ2n) is 5.69. The van der Waals surface area contributed by atoms with Crippen LogP contribution in [0.4, 0.5) is 15.8 Å². The molecule has 0 saturated carbocycles. The standard InChI is InChI=1S/C18H18FNO4/c1-8-7-12(19)5-6-13(8)20-16-10(3)9(2)14(17(21)22)11(4)15(16)18(23)24/h5-7,20H,1-4H3,(H,21,22)(H,23,24). The lowest BCUT2D eigenvalue weighted by atomic mass is 9.91. The Morgan fingerprint density at radius 2 is 1.50 bits per heavy atom. The summed E-state index contributed by atoms with van der Waals surface area (Å²) in [5.74, 6) is -2.78. The van der Waals surface area contributed by atoms with E-state index in [0.29, 0.717) is 28.1 Å². The van der Waals surface area contributed by atoms with Crippen LogP contribution in [0.1, 0.15) is 43.0 Å². The van der Waals surface area contributed by atoms with Gasteiger partial charge in [0.05, 0.1) is 16.8 Å². The van der Waals surface area contributed by atoms with Crippen LogP contribution in [0.2, 0.25) is 0 Å². The summed E-state index contributed by atoms with van der Waals surface area (Å²) in [5.41, 5.74) is 2.58. The van der Waals surface area contributed by atoms with Crippen LogP contribution in [0, 0.1) is 33.5 Å². The first-order valence-corrected chi connectivity index (χ1v) is 7.28. The Hall–Kier alpha value is -2.89. The topological polar surface area (TPSA) is 86.6 Å². The number of carbonyl (C=O) groups is 2. The van der Waals surface area contributed by atoms with E-state index in [9.17, 15) is 24.2 Å². The van der Waals surface area contributed by atoms with Crippen LogP contribution in [0.15, 0.2) is 18.2 Å². The maximum Gasteiger partial charge on any atom is 0.338 e. The SMILES string of the molecule is Cc1cc(F)ccc1Nc1c(C)c(C)c(C(=O)O)c(C)c1C(=O)O. The number of aromatic carboxylic acids is 2. The number of nitrogens with one attached hydrogen (secondary N) is 1. The van der Waals surface area contributed by atoms with Crippen molar-refractivity contribution < 1.29 is 24.2 Å². The van der Waals surface area contributed by atoms with Gasteiger partial charge in [0.25, 0.3) is 0 Å². The molecule has 3 N–H and O–H groups in total. The largest absolute Gasteiger partial charge is 0.478 e. The molecule has 0 atom stereocenters. The van der Waals surface area contributed by atoms with Crippen molar-refractivity contribution in [3.05, 3.63) is 57.4 Å². The van der Waals surface area contributed by atoms with E-state index in [4.69, 9.17) is 0 Å². The van der Waals surface area contributed by atoms with E-state index in [1.54, 1.807) is 20.8 Å². The van der Waals surface area contributed by atoms with Gasteiger partial charge in [-0.05, 0) is 68.1 Å². The molecule has 24 heavy (non-hydrogen) atoms. The van der Waals surface area contributed by atoms with Crippen LogP contribution in [-0.4, -0.2) is 22.2 Å². The molecule has 2 rings (SSSR count). The number of hydrogen-bond acceptors (Lipinski definition) is 3. The first-order chi connectivity index (χ1) is 11.1. The summed E-state index contributed by atoms with van der Waals surface area (Å²) >= 11 is 0. The van der Waals surface area contributed by atoms with E-state index in [-0.39, 0.29) is 22.5 Å². The molecule has 126 valence electrons. The van der Waals surface area contributed by atoms with E-state index in [0.717, 1.165) is 0 Å². The van der Waals surface area contributed by atoms with E-state index >= 15 is 0 Å². The summed E-state index contributed by atoms with van der Waals surface area (Å²) in [6.45, 7) is 6.48. The number of halogens is 1. The van der Waals surface area contributed by atoms with E-state index in [2.05, 4.69) is 5.32 Å². The van der Waals surface area contributed by atoms with Crippen LogP contribution >= 0.6 is 0 Å². The molecule has 0 aromatic heterocycles. The third kappa shape index (κ3) is 2.95. The zero-order valence-corrected chi connectivity index (χ0v) is 13.8. The lowest BCUT2D eigenvalue weighted by molar-refractivity contribution is 0.0695. The first-order valence-electron chi connectivity index (χ1n) is 7.28. The van der Waals surface area contributed by atoms with Gasteiger partial charge in [0.2, 0.25) is 0 Å². The highest BCUT2D eigenvalue weighted by Crippen LogP contribution is 2.34. The van der Waals surface area contributed by atoms with Crippen molar-refractivity contribution in [1.29, 1.82) is 0 Å². The molecule has 5 nitrogen and oxygen atoms in total. The molecule has 0 spiro atoms. The Bertz CT molecular complexity index is 859. The molecule has 0 bridgehead atoms. The maximum absolute atomic E-state index is 13.3. The summed E-state index contributed by atoms with van der Waals surface area (Å²) < 4.78 is 13.3. The van der Waals surface area contributed by atoms with Gasteiger partial charge in [-0.2, -0.15) is 0 Å². The molecule has 2 aromatic rings. The molecule has 0 saturated heterocycles. The third-order valence-corrected chi connectivity index (χ3v) is 4.19. The van der Waals surface area contributed by atoms with Crippen LogP contribution in [-0.2, 0) is 0 Å². The lowest BCUT2D eigenvalue weighted by Gasteiger charge is -2.20. The smallest absolute Gasteiger partial charge is 0.338 e. The summed E-state index contributed by atoms with van der Waals surface area (Å²) in [6, 6.07) is 4.13. The molecule has 0 aliphatic carbocycles. The molecule has 0 fully saturated rings. The molecular weight excluding hydrogens is 313 g/mol. The van der Waals surface area contributed by atoms with Crippen LogP contribution in [0.3, 0.4) is 0 Å². The number of carboxylic acids is 2. The van der Waals surface area contributed by atoms with Gasteiger partial charge in [0.15, 0.2) is 0 Å². The van der Waals surface area contributed by atoms with Crippen LogP contribution in [0.25, 0.3) is 0 Å². The fourth-order valence-electron chi connectivity index (χ4n) is 2.80. The van der Waals surface area contributed by atoms with Crippen molar-refractivity contribution in [3.63, 3.8) is 0 Å². The quantitative estimate of drug-likeness (QED) is 0.781. The molecule has 0 aliphatic heterocycles. The summed E-state index contributed by atoms with van der Waals surface area (Å²) in [7, 11) is 0. The van der Waals surface area contributed by atoms with Crippen molar-refractivity contribution in [2.75, 3.05) is 5.32 Å². The third-order valence-electron chi connectivity index (χ3n) is 4.19. The maximum atomic E-state index is 13.3. The van der Waals surface area contributed by atoms with Gasteiger partial charge in [-0.15, -0.1) is 0 Å². The predicted molar refractivity (Wildman–Crippen MR) is 89.0 cm³/mol. The molecule has 0 unspecified atom stereocenters. The van der Waals surface area contributed by atoms with Crippen molar-refractivity contribution in [2.24, 2.45) is 0 Å². The van der Waals surface area contributed by atoms with Gasteiger partial charge >= 0.3 is 11.9 Å². The summed E-state index contributed by atoms with van der Waals surface area (Å²) in [5, 5.41) is 22.0. The molecule has 6 heteroatoms.